The molecule has 1 unspecified atom stereocenters. The molecule has 1 atom stereocenters. The van der Waals surface area contributed by atoms with E-state index in [-0.39, 0.29) is 5.41 Å². The summed E-state index contributed by atoms with van der Waals surface area (Å²) in [5, 5.41) is 4.56. The Bertz CT molecular complexity index is 3480. The summed E-state index contributed by atoms with van der Waals surface area (Å²) in [5.74, 6) is 0. The second-order valence-electron chi connectivity index (χ2n) is 18.4. The van der Waals surface area contributed by atoms with Crippen molar-refractivity contribution in [1.29, 1.82) is 0 Å². The van der Waals surface area contributed by atoms with Crippen molar-refractivity contribution in [3.63, 3.8) is 0 Å². The first kappa shape index (κ1) is 42.1. The number of nitrogens with zero attached hydrogens (tertiary/aromatic N) is 2. The minimum absolute atomic E-state index is 0.217. The van der Waals surface area contributed by atoms with E-state index in [1.807, 2.05) is 83.5 Å². The lowest BCUT2D eigenvalue weighted by atomic mass is 9.67. The van der Waals surface area contributed by atoms with Gasteiger partial charge in [-0.05, 0) is 127 Å². The van der Waals surface area contributed by atoms with E-state index in [0.717, 1.165) is 45.1 Å². The topological polar surface area (TPSA) is 35.6 Å². The lowest BCUT2D eigenvalue weighted by molar-refractivity contribution is 0.593. The summed E-state index contributed by atoms with van der Waals surface area (Å²) in [4.78, 5) is 2.45. The van der Waals surface area contributed by atoms with E-state index in [9.17, 15) is 0 Å². The zero-order chi connectivity index (χ0) is 46.5. The molecule has 0 fully saturated rings. The second kappa shape index (κ2) is 17.1. The van der Waals surface area contributed by atoms with Crippen LogP contribution in [0.25, 0.3) is 22.3 Å². The summed E-state index contributed by atoms with van der Waals surface area (Å²) in [6, 6.07) is 90.4. The molecule has 69 heavy (non-hydrogen) atoms. The molecule has 0 aromatic heterocycles. The molecular formula is C64H49N3OP+. The maximum absolute atomic E-state index is 15.1. The fourth-order valence-corrected chi connectivity index (χ4v) is 12.5. The van der Waals surface area contributed by atoms with Crippen LogP contribution in [-0.2, 0) is 15.4 Å². The Morgan fingerprint density at radius 3 is 1.61 bits per heavy atom. The molecule has 0 bridgehead atoms. The predicted molar refractivity (Wildman–Crippen MR) is 288 cm³/mol. The molecule has 0 aliphatic heterocycles. The van der Waals surface area contributed by atoms with Crippen LogP contribution in [0.4, 0.5) is 39.8 Å². The molecule has 0 spiro atoms. The maximum Gasteiger partial charge on any atom is 0.506 e. The third kappa shape index (κ3) is 6.90. The SMILES string of the molecule is CC1(C)c2ccccc2-c2c(N(c3ccc(N(c4ccccc4)[P+](=O)c4ccccc4)c(Nc4ccccc4)c3)c3ccc4c(c3)C(c3ccccc3)(c3ccccc3)c3ccccc3-4)cccc21. The van der Waals surface area contributed by atoms with Gasteiger partial charge in [-0.3, -0.25) is 0 Å². The van der Waals surface area contributed by atoms with Crippen LogP contribution < -0.4 is 20.2 Å². The highest BCUT2D eigenvalue weighted by Crippen LogP contribution is 2.59. The summed E-state index contributed by atoms with van der Waals surface area (Å²) < 4.78 is 17.0. The third-order valence-electron chi connectivity index (χ3n) is 14.2. The van der Waals surface area contributed by atoms with E-state index in [1.165, 1.54) is 55.6 Å². The quantitative estimate of drug-likeness (QED) is 0.131. The largest absolute Gasteiger partial charge is 0.506 e. The minimum Gasteiger partial charge on any atom is -0.354 e. The van der Waals surface area contributed by atoms with Crippen LogP contribution in [0.15, 0.2) is 255 Å². The second-order valence-corrected chi connectivity index (χ2v) is 19.9. The zero-order valence-electron chi connectivity index (χ0n) is 38.5. The highest BCUT2D eigenvalue weighted by Gasteiger charge is 2.47. The molecular weight excluding hydrogens is 858 g/mol. The van der Waals surface area contributed by atoms with Gasteiger partial charge in [-0.2, -0.15) is 0 Å². The van der Waals surface area contributed by atoms with Gasteiger partial charge in [0, 0.05) is 28.0 Å². The number of fused-ring (bicyclic) bond motifs is 6. The van der Waals surface area contributed by atoms with Gasteiger partial charge < -0.3 is 10.2 Å². The van der Waals surface area contributed by atoms with E-state index in [0.29, 0.717) is 0 Å². The van der Waals surface area contributed by atoms with Crippen LogP contribution in [0, 0.1) is 0 Å². The Balaban J connectivity index is 1.14. The van der Waals surface area contributed by atoms with Gasteiger partial charge in [0.05, 0.1) is 22.5 Å². The summed E-state index contributed by atoms with van der Waals surface area (Å²) >= 11 is 0. The fraction of sp³-hybridized carbons (Fsp3) is 0.0625. The number of hydrogen-bond donors (Lipinski definition) is 1. The van der Waals surface area contributed by atoms with Crippen molar-refractivity contribution in [2.24, 2.45) is 0 Å². The van der Waals surface area contributed by atoms with Gasteiger partial charge in [0.15, 0.2) is 0 Å². The molecule has 0 saturated carbocycles. The Kier molecular flexibility index (Phi) is 10.4. The molecule has 5 heteroatoms. The lowest BCUT2D eigenvalue weighted by Crippen LogP contribution is -2.28. The number of benzene rings is 10. The average molecular weight is 907 g/mol. The van der Waals surface area contributed by atoms with E-state index < -0.39 is 13.4 Å². The number of anilines is 7. The monoisotopic (exact) mass is 906 g/mol. The van der Waals surface area contributed by atoms with E-state index in [2.05, 4.69) is 200 Å². The van der Waals surface area contributed by atoms with Crippen molar-refractivity contribution in [3.05, 3.63) is 288 Å². The van der Waals surface area contributed by atoms with Gasteiger partial charge >= 0.3 is 7.95 Å². The standard InChI is InChI=1S/C64H49N3OP/c1-63(2)55-35-20-19-34-54(55)62-57(63)37-22-38-61(62)66(49-39-41-53-52-33-18-21-36-56(52)64(58(53)43-49,45-23-8-3-9-24-45)46-25-10-4-11-26-46)50-40-42-60(59(44-50)65-47-27-12-5-13-28-47)67(48-29-14-6-15-30-48)69(68)51-31-16-7-17-32-51/h3-44,65H,1-2H3/q+1. The molecule has 2 aliphatic carbocycles. The van der Waals surface area contributed by atoms with Crippen molar-refractivity contribution in [2.75, 3.05) is 14.9 Å². The normalized spacial score (nSPS) is 13.6. The van der Waals surface area contributed by atoms with Gasteiger partial charge in [0.2, 0.25) is 5.30 Å². The molecule has 10 aromatic carbocycles. The lowest BCUT2D eigenvalue weighted by Gasteiger charge is -2.35. The van der Waals surface area contributed by atoms with Crippen LogP contribution in [-0.4, -0.2) is 0 Å². The van der Waals surface area contributed by atoms with Gasteiger partial charge in [-0.1, -0.05) is 196 Å². The zero-order valence-corrected chi connectivity index (χ0v) is 39.4. The molecule has 10 aromatic rings. The molecule has 1 N–H and O–H groups in total. The van der Waals surface area contributed by atoms with Crippen molar-refractivity contribution < 1.29 is 4.57 Å². The molecule has 330 valence electrons. The Hall–Kier alpha value is -8.30. The molecule has 4 nitrogen and oxygen atoms in total. The molecule has 0 radical (unpaired) electrons. The van der Waals surface area contributed by atoms with E-state index in [4.69, 9.17) is 0 Å². The predicted octanol–water partition coefficient (Wildman–Crippen LogP) is 16.8. The number of rotatable bonds is 11. The van der Waals surface area contributed by atoms with Crippen molar-refractivity contribution >= 4 is 53.1 Å². The molecule has 12 rings (SSSR count). The first-order valence-electron chi connectivity index (χ1n) is 23.7. The maximum atomic E-state index is 15.1. The van der Waals surface area contributed by atoms with Crippen LogP contribution in [0.5, 0.6) is 0 Å². The van der Waals surface area contributed by atoms with Gasteiger partial charge in [-0.15, -0.1) is 4.67 Å². The molecule has 0 amide bonds. The van der Waals surface area contributed by atoms with Gasteiger partial charge in [0.25, 0.3) is 0 Å². The number of nitrogens with one attached hydrogen (secondary N) is 1. The number of hydrogen-bond acceptors (Lipinski definition) is 3. The number of para-hydroxylation sites is 2. The summed E-state index contributed by atoms with van der Waals surface area (Å²) in [6.45, 7) is 4.68. The highest BCUT2D eigenvalue weighted by molar-refractivity contribution is 7.55. The van der Waals surface area contributed by atoms with Crippen molar-refractivity contribution in [2.45, 2.75) is 24.7 Å². The van der Waals surface area contributed by atoms with Crippen molar-refractivity contribution in [1.82, 2.24) is 0 Å². The van der Waals surface area contributed by atoms with Crippen LogP contribution in [0.1, 0.15) is 47.2 Å². The molecule has 0 saturated heterocycles. The van der Waals surface area contributed by atoms with Crippen LogP contribution in [0.2, 0.25) is 0 Å². The van der Waals surface area contributed by atoms with E-state index >= 15 is 4.57 Å². The first-order valence-corrected chi connectivity index (χ1v) is 24.9. The summed E-state index contributed by atoms with van der Waals surface area (Å²) in [5.41, 5.74) is 18.1. The molecule has 2 aliphatic rings. The summed E-state index contributed by atoms with van der Waals surface area (Å²) in [6.07, 6.45) is 0. The third-order valence-corrected chi connectivity index (χ3v) is 15.8. The Morgan fingerprint density at radius 1 is 0.406 bits per heavy atom. The van der Waals surface area contributed by atoms with Crippen molar-refractivity contribution in [3.8, 4) is 22.3 Å². The average Bonchev–Trinajstić information content (AvgIpc) is 3.84. The smallest absolute Gasteiger partial charge is 0.354 e. The minimum atomic E-state index is -2.09. The molecule has 0 heterocycles. The van der Waals surface area contributed by atoms with E-state index in [1.54, 1.807) is 0 Å². The summed E-state index contributed by atoms with van der Waals surface area (Å²) in [7, 11) is -2.09. The van der Waals surface area contributed by atoms with Gasteiger partial charge in [-0.25, -0.2) is 0 Å². The fourth-order valence-electron chi connectivity index (χ4n) is 11.1. The first-order chi connectivity index (χ1) is 33.9. The van der Waals surface area contributed by atoms with Crippen LogP contribution in [0.3, 0.4) is 0 Å². The Labute approximate surface area is 405 Å². The Morgan fingerprint density at radius 2 is 0.928 bits per heavy atom. The van der Waals surface area contributed by atoms with Crippen LogP contribution >= 0.6 is 7.95 Å². The highest BCUT2D eigenvalue weighted by atomic mass is 31.1. The van der Waals surface area contributed by atoms with Gasteiger partial charge in [0.1, 0.15) is 5.69 Å².